The number of carbonyl (C=O) groups excluding carboxylic acids is 2. The Balaban J connectivity index is 1.42. The maximum atomic E-state index is 13.5. The number of nitrogens with one attached hydrogen (secondary N) is 2. The van der Waals surface area contributed by atoms with Crippen molar-refractivity contribution in [1.29, 1.82) is 0 Å². The molecule has 8 heteroatoms. The van der Waals surface area contributed by atoms with Gasteiger partial charge in [-0.15, -0.1) is 0 Å². The van der Waals surface area contributed by atoms with Gasteiger partial charge in [-0.2, -0.15) is 0 Å². The fourth-order valence-corrected chi connectivity index (χ4v) is 6.49. The van der Waals surface area contributed by atoms with Crippen molar-refractivity contribution in [2.75, 3.05) is 0 Å². The van der Waals surface area contributed by atoms with Gasteiger partial charge in [0, 0.05) is 30.8 Å². The highest BCUT2D eigenvalue weighted by atomic mass is 19.1. The standard InChI is InChI=1S/C28H35F2N3O3/c1-16(26(35)32-15-18-12-19(29)14-20(30)13-18)21-7-9-28(3)10-8-22(17(2)24(28)25(21)34)33-27(36)23-6-4-5-11-31-23/h4-6,11-14,16-17,21-22,24-25,34H,7-10,15H2,1-3H3,(H,32,35)(H,33,36)/t16-,17+,21?,22-,24+,25-,28-/m0/s1. The van der Waals surface area contributed by atoms with E-state index in [0.29, 0.717) is 11.3 Å². The summed E-state index contributed by atoms with van der Waals surface area (Å²) in [5.74, 6) is -2.64. The largest absolute Gasteiger partial charge is 0.392 e. The second kappa shape index (κ2) is 10.6. The summed E-state index contributed by atoms with van der Waals surface area (Å²) in [5, 5.41) is 17.4. The van der Waals surface area contributed by atoms with E-state index in [4.69, 9.17) is 0 Å². The number of amides is 2. The fourth-order valence-electron chi connectivity index (χ4n) is 6.49. The number of carbonyl (C=O) groups is 2. The van der Waals surface area contributed by atoms with Crippen LogP contribution in [-0.2, 0) is 11.3 Å². The molecule has 1 heterocycles. The van der Waals surface area contributed by atoms with Crippen LogP contribution in [-0.4, -0.2) is 34.1 Å². The minimum absolute atomic E-state index is 0.0137. The van der Waals surface area contributed by atoms with Crippen molar-refractivity contribution in [3.63, 3.8) is 0 Å². The molecule has 2 aliphatic rings. The molecular formula is C28H35F2N3O3. The lowest BCUT2D eigenvalue weighted by Gasteiger charge is -2.56. The van der Waals surface area contributed by atoms with E-state index in [0.717, 1.165) is 31.7 Å². The number of halogens is 2. The normalized spacial score (nSPS) is 30.7. The summed E-state index contributed by atoms with van der Waals surface area (Å²) in [6.45, 7) is 6.08. The highest BCUT2D eigenvalue weighted by Gasteiger charge is 2.53. The van der Waals surface area contributed by atoms with Gasteiger partial charge < -0.3 is 15.7 Å². The van der Waals surface area contributed by atoms with Crippen molar-refractivity contribution in [2.24, 2.45) is 29.1 Å². The van der Waals surface area contributed by atoms with Gasteiger partial charge in [-0.3, -0.25) is 14.6 Å². The van der Waals surface area contributed by atoms with Crippen LogP contribution in [0.3, 0.4) is 0 Å². The molecule has 2 fully saturated rings. The first-order valence-corrected chi connectivity index (χ1v) is 12.7. The second-order valence-electron chi connectivity index (χ2n) is 10.8. The number of hydrogen-bond donors (Lipinski definition) is 3. The lowest BCUT2D eigenvalue weighted by Crippen LogP contribution is -2.58. The third kappa shape index (κ3) is 5.43. The summed E-state index contributed by atoms with van der Waals surface area (Å²) >= 11 is 0. The van der Waals surface area contributed by atoms with E-state index >= 15 is 0 Å². The molecule has 0 bridgehead atoms. The van der Waals surface area contributed by atoms with Gasteiger partial charge in [0.15, 0.2) is 0 Å². The number of nitrogens with zero attached hydrogens (tertiary/aromatic N) is 1. The molecule has 1 unspecified atom stereocenters. The van der Waals surface area contributed by atoms with Crippen LogP contribution in [0.15, 0.2) is 42.6 Å². The molecule has 36 heavy (non-hydrogen) atoms. The third-order valence-electron chi connectivity index (χ3n) is 8.55. The molecule has 0 aliphatic heterocycles. The van der Waals surface area contributed by atoms with Crippen molar-refractivity contribution in [1.82, 2.24) is 15.6 Å². The molecule has 0 saturated heterocycles. The zero-order chi connectivity index (χ0) is 26.0. The van der Waals surface area contributed by atoms with Crippen LogP contribution >= 0.6 is 0 Å². The highest BCUT2D eigenvalue weighted by molar-refractivity contribution is 5.92. The zero-order valence-corrected chi connectivity index (χ0v) is 21.0. The van der Waals surface area contributed by atoms with Crippen molar-refractivity contribution in [2.45, 2.75) is 65.1 Å². The topological polar surface area (TPSA) is 91.3 Å². The summed E-state index contributed by atoms with van der Waals surface area (Å²) in [6.07, 6.45) is 4.19. The number of fused-ring (bicyclic) bond motifs is 1. The van der Waals surface area contributed by atoms with Gasteiger partial charge in [0.05, 0.1) is 6.10 Å². The Morgan fingerprint density at radius 1 is 1.17 bits per heavy atom. The van der Waals surface area contributed by atoms with Gasteiger partial charge in [-0.05, 0) is 78.7 Å². The monoisotopic (exact) mass is 499 g/mol. The molecule has 2 amide bonds. The minimum Gasteiger partial charge on any atom is -0.392 e. The predicted molar refractivity (Wildman–Crippen MR) is 132 cm³/mol. The molecule has 6 nitrogen and oxygen atoms in total. The lowest BCUT2D eigenvalue weighted by atomic mass is 9.51. The third-order valence-corrected chi connectivity index (χ3v) is 8.55. The molecule has 2 aliphatic carbocycles. The number of aromatic nitrogens is 1. The van der Waals surface area contributed by atoms with Crippen molar-refractivity contribution >= 4 is 11.8 Å². The van der Waals surface area contributed by atoms with Gasteiger partial charge in [-0.25, -0.2) is 8.78 Å². The Hall–Kier alpha value is -2.87. The lowest BCUT2D eigenvalue weighted by molar-refractivity contribution is -0.142. The number of pyridine rings is 1. The summed E-state index contributed by atoms with van der Waals surface area (Å²) in [7, 11) is 0. The molecule has 194 valence electrons. The van der Waals surface area contributed by atoms with E-state index in [1.165, 1.54) is 12.1 Å². The van der Waals surface area contributed by atoms with Crippen LogP contribution in [0.4, 0.5) is 8.78 Å². The van der Waals surface area contributed by atoms with Gasteiger partial charge in [0.25, 0.3) is 5.91 Å². The van der Waals surface area contributed by atoms with Crippen LogP contribution in [0.25, 0.3) is 0 Å². The highest BCUT2D eigenvalue weighted by Crippen LogP contribution is 2.55. The molecular weight excluding hydrogens is 464 g/mol. The smallest absolute Gasteiger partial charge is 0.270 e. The summed E-state index contributed by atoms with van der Waals surface area (Å²) in [6, 6.07) is 8.29. The van der Waals surface area contributed by atoms with E-state index in [2.05, 4.69) is 29.5 Å². The Labute approximate surface area is 210 Å². The van der Waals surface area contributed by atoms with E-state index < -0.39 is 23.7 Å². The number of benzene rings is 1. The number of aliphatic hydroxyl groups is 1. The van der Waals surface area contributed by atoms with Crippen LogP contribution in [0.2, 0.25) is 0 Å². The molecule has 1 aromatic heterocycles. The molecule has 7 atom stereocenters. The summed E-state index contributed by atoms with van der Waals surface area (Å²) < 4.78 is 27.0. The quantitative estimate of drug-likeness (QED) is 0.555. The Morgan fingerprint density at radius 3 is 2.53 bits per heavy atom. The zero-order valence-electron chi connectivity index (χ0n) is 21.0. The number of hydrogen-bond acceptors (Lipinski definition) is 4. The van der Waals surface area contributed by atoms with Gasteiger partial charge in [-0.1, -0.05) is 26.8 Å². The van der Waals surface area contributed by atoms with E-state index in [9.17, 15) is 23.5 Å². The Bertz CT molecular complexity index is 1080. The van der Waals surface area contributed by atoms with E-state index in [1.54, 1.807) is 31.3 Å². The first-order valence-electron chi connectivity index (χ1n) is 12.7. The van der Waals surface area contributed by atoms with Crippen LogP contribution in [0.1, 0.15) is 62.5 Å². The van der Waals surface area contributed by atoms with Crippen molar-refractivity contribution in [3.05, 3.63) is 65.5 Å². The van der Waals surface area contributed by atoms with Crippen LogP contribution in [0.5, 0.6) is 0 Å². The first-order chi connectivity index (χ1) is 17.1. The Morgan fingerprint density at radius 2 is 1.86 bits per heavy atom. The van der Waals surface area contributed by atoms with Gasteiger partial charge in [0.2, 0.25) is 5.91 Å². The fraction of sp³-hybridized carbons (Fsp3) is 0.536. The molecule has 2 aromatic rings. The number of rotatable bonds is 6. The second-order valence-corrected chi connectivity index (χ2v) is 10.8. The van der Waals surface area contributed by atoms with Crippen LogP contribution in [0, 0.1) is 40.7 Å². The predicted octanol–water partition coefficient (Wildman–Crippen LogP) is 4.23. The average molecular weight is 500 g/mol. The van der Waals surface area contributed by atoms with Gasteiger partial charge in [0.1, 0.15) is 17.3 Å². The molecule has 0 spiro atoms. The number of aliphatic hydroxyl groups excluding tert-OH is 1. The van der Waals surface area contributed by atoms with Crippen molar-refractivity contribution in [3.8, 4) is 0 Å². The van der Waals surface area contributed by atoms with Gasteiger partial charge >= 0.3 is 0 Å². The Kier molecular flexibility index (Phi) is 7.73. The van der Waals surface area contributed by atoms with Crippen LogP contribution < -0.4 is 10.6 Å². The molecule has 1 aromatic carbocycles. The average Bonchev–Trinajstić information content (AvgIpc) is 2.84. The van der Waals surface area contributed by atoms with E-state index in [-0.39, 0.29) is 47.6 Å². The summed E-state index contributed by atoms with van der Waals surface area (Å²) in [5.41, 5.74) is 0.636. The maximum absolute atomic E-state index is 13.5. The SMILES string of the molecule is C[C@H]1[C@@H]2[C@@H](O)C([C@H](C)C(=O)NCc3cc(F)cc(F)c3)CC[C@@]2(C)CC[C@@H]1NC(=O)c1ccccn1. The molecule has 0 radical (unpaired) electrons. The minimum atomic E-state index is -0.708. The molecule has 4 rings (SSSR count). The van der Waals surface area contributed by atoms with Crippen molar-refractivity contribution < 1.29 is 23.5 Å². The first kappa shape index (κ1) is 26.2. The molecule has 2 saturated carbocycles. The van der Waals surface area contributed by atoms with E-state index in [1.807, 2.05) is 0 Å². The maximum Gasteiger partial charge on any atom is 0.270 e. The summed E-state index contributed by atoms with van der Waals surface area (Å²) in [4.78, 5) is 29.8. The molecule has 3 N–H and O–H groups in total.